The molecule has 0 spiro atoms. The number of carbonyl (C=O) groups is 3. The Morgan fingerprint density at radius 3 is 2.32 bits per heavy atom. The van der Waals surface area contributed by atoms with E-state index in [1.165, 1.54) is 19.1 Å². The molecule has 2 rings (SSSR count). The molecule has 7 heteroatoms. The number of Topliss-reactive ketones (excluding diaryl/α,β-unsaturated/α-hetero) is 1. The zero-order valence-electron chi connectivity index (χ0n) is 13.7. The summed E-state index contributed by atoms with van der Waals surface area (Å²) in [6, 6.07) is 12.3. The monoisotopic (exact) mass is 342 g/mol. The Morgan fingerprint density at radius 1 is 1.00 bits per heavy atom. The number of carbonyl (C=O) groups excluding carboxylic acids is 3. The first-order valence-corrected chi connectivity index (χ1v) is 7.54. The van der Waals surface area contributed by atoms with Crippen LogP contribution in [0.1, 0.15) is 27.6 Å². The second-order valence-corrected chi connectivity index (χ2v) is 5.10. The number of primary amides is 1. The Labute approximate surface area is 144 Å². The number of benzene rings is 2. The molecule has 2 aromatic rings. The highest BCUT2D eigenvalue weighted by molar-refractivity contribution is 5.96. The number of amides is 2. The molecule has 0 fully saturated rings. The topological polar surface area (TPSA) is 108 Å². The van der Waals surface area contributed by atoms with E-state index in [0.29, 0.717) is 22.6 Å². The van der Waals surface area contributed by atoms with Crippen LogP contribution in [-0.2, 0) is 4.74 Å². The van der Waals surface area contributed by atoms with E-state index >= 15 is 0 Å². The van der Waals surface area contributed by atoms with Gasteiger partial charge in [0.05, 0.1) is 11.1 Å². The molecule has 2 aromatic carbocycles. The summed E-state index contributed by atoms with van der Waals surface area (Å²) in [5, 5.41) is 2.39. The fourth-order valence-electron chi connectivity index (χ4n) is 2.08. The van der Waals surface area contributed by atoms with E-state index in [-0.39, 0.29) is 19.0 Å². The van der Waals surface area contributed by atoms with E-state index in [1.54, 1.807) is 36.4 Å². The Morgan fingerprint density at radius 2 is 1.68 bits per heavy atom. The summed E-state index contributed by atoms with van der Waals surface area (Å²) in [5.41, 5.74) is 6.29. The number of ether oxygens (including phenoxy) is 2. The maximum Gasteiger partial charge on any atom is 0.338 e. The van der Waals surface area contributed by atoms with E-state index in [2.05, 4.69) is 5.32 Å². The average molecular weight is 342 g/mol. The van der Waals surface area contributed by atoms with Gasteiger partial charge >= 0.3 is 12.0 Å². The molecule has 0 saturated carbocycles. The largest absolute Gasteiger partial charge is 0.489 e. The standard InChI is InChI=1S/C18H18N2O5/c1-12(21)15-4-2-3-5-16(15)24-10-11-25-17(22)13-6-8-14(9-7-13)20-18(19)23/h2-9H,10-11H2,1H3,(H3,19,20,23). The van der Waals surface area contributed by atoms with Crippen LogP contribution in [0.15, 0.2) is 48.5 Å². The SMILES string of the molecule is CC(=O)c1ccccc1OCCOC(=O)c1ccc(NC(N)=O)cc1. The third kappa shape index (κ3) is 5.35. The van der Waals surface area contributed by atoms with Crippen LogP contribution in [0, 0.1) is 0 Å². The van der Waals surface area contributed by atoms with Gasteiger partial charge in [-0.25, -0.2) is 9.59 Å². The first kappa shape index (κ1) is 18.0. The quantitative estimate of drug-likeness (QED) is 0.457. The third-order valence-corrected chi connectivity index (χ3v) is 3.23. The lowest BCUT2D eigenvalue weighted by atomic mass is 10.1. The highest BCUT2D eigenvalue weighted by Gasteiger charge is 2.09. The second kappa shape index (κ2) is 8.49. The molecular weight excluding hydrogens is 324 g/mol. The van der Waals surface area contributed by atoms with E-state index in [0.717, 1.165) is 0 Å². The van der Waals surface area contributed by atoms with Crippen LogP contribution in [0.4, 0.5) is 10.5 Å². The number of nitrogens with two attached hydrogens (primary N) is 1. The van der Waals surface area contributed by atoms with Crippen LogP contribution in [-0.4, -0.2) is 31.0 Å². The zero-order chi connectivity index (χ0) is 18.2. The summed E-state index contributed by atoms with van der Waals surface area (Å²) in [4.78, 5) is 34.1. The summed E-state index contributed by atoms with van der Waals surface area (Å²) in [7, 11) is 0. The number of esters is 1. The van der Waals surface area contributed by atoms with E-state index in [9.17, 15) is 14.4 Å². The van der Waals surface area contributed by atoms with E-state index in [4.69, 9.17) is 15.2 Å². The molecule has 0 unspecified atom stereocenters. The summed E-state index contributed by atoms with van der Waals surface area (Å²) >= 11 is 0. The number of rotatable bonds is 7. The van der Waals surface area contributed by atoms with Gasteiger partial charge in [0.1, 0.15) is 19.0 Å². The number of anilines is 1. The van der Waals surface area contributed by atoms with Gasteiger partial charge < -0.3 is 20.5 Å². The van der Waals surface area contributed by atoms with Crippen molar-refractivity contribution < 1.29 is 23.9 Å². The lowest BCUT2D eigenvalue weighted by Crippen LogP contribution is -2.19. The van der Waals surface area contributed by atoms with Gasteiger partial charge in [-0.05, 0) is 43.3 Å². The van der Waals surface area contributed by atoms with Gasteiger partial charge in [-0.1, -0.05) is 12.1 Å². The minimum Gasteiger partial charge on any atom is -0.489 e. The van der Waals surface area contributed by atoms with Gasteiger partial charge in [-0.3, -0.25) is 4.79 Å². The fourth-order valence-corrected chi connectivity index (χ4v) is 2.08. The molecule has 0 bridgehead atoms. The molecule has 0 heterocycles. The molecular formula is C18H18N2O5. The summed E-state index contributed by atoms with van der Waals surface area (Å²) < 4.78 is 10.6. The average Bonchev–Trinajstić information content (AvgIpc) is 2.59. The van der Waals surface area contributed by atoms with Gasteiger partial charge in [0, 0.05) is 5.69 Å². The fraction of sp³-hybridized carbons (Fsp3) is 0.167. The predicted octanol–water partition coefficient (Wildman–Crippen LogP) is 2.62. The smallest absolute Gasteiger partial charge is 0.338 e. The second-order valence-electron chi connectivity index (χ2n) is 5.10. The van der Waals surface area contributed by atoms with Gasteiger partial charge in [-0.2, -0.15) is 0 Å². The van der Waals surface area contributed by atoms with Gasteiger partial charge in [0.25, 0.3) is 0 Å². The van der Waals surface area contributed by atoms with Crippen molar-refractivity contribution in [3.63, 3.8) is 0 Å². The third-order valence-electron chi connectivity index (χ3n) is 3.23. The lowest BCUT2D eigenvalue weighted by molar-refractivity contribution is 0.0449. The lowest BCUT2D eigenvalue weighted by Gasteiger charge is -2.10. The zero-order valence-corrected chi connectivity index (χ0v) is 13.7. The van der Waals surface area contributed by atoms with Crippen molar-refractivity contribution in [3.05, 3.63) is 59.7 Å². The van der Waals surface area contributed by atoms with Crippen LogP contribution >= 0.6 is 0 Å². The van der Waals surface area contributed by atoms with Crippen molar-refractivity contribution >= 4 is 23.5 Å². The molecule has 7 nitrogen and oxygen atoms in total. The predicted molar refractivity (Wildman–Crippen MR) is 91.9 cm³/mol. The molecule has 0 radical (unpaired) electrons. The first-order valence-electron chi connectivity index (χ1n) is 7.54. The van der Waals surface area contributed by atoms with E-state index in [1.807, 2.05) is 0 Å². The number of urea groups is 1. The molecule has 0 aromatic heterocycles. The number of nitrogens with one attached hydrogen (secondary N) is 1. The molecule has 2 amide bonds. The number of hydrogen-bond acceptors (Lipinski definition) is 5. The van der Waals surface area contributed by atoms with Crippen LogP contribution in [0.2, 0.25) is 0 Å². The number of ketones is 1. The number of para-hydroxylation sites is 1. The number of hydrogen-bond donors (Lipinski definition) is 2. The van der Waals surface area contributed by atoms with Crippen LogP contribution in [0.5, 0.6) is 5.75 Å². The van der Waals surface area contributed by atoms with Gasteiger partial charge in [0.15, 0.2) is 5.78 Å². The van der Waals surface area contributed by atoms with Crippen molar-refractivity contribution in [1.82, 2.24) is 0 Å². The Hall–Kier alpha value is -3.35. The van der Waals surface area contributed by atoms with E-state index < -0.39 is 12.0 Å². The Kier molecular flexibility index (Phi) is 6.11. The van der Waals surface area contributed by atoms with Crippen molar-refractivity contribution in [2.45, 2.75) is 6.92 Å². The minimum absolute atomic E-state index is 0.0341. The molecule has 0 saturated heterocycles. The highest BCUT2D eigenvalue weighted by Crippen LogP contribution is 2.18. The Bertz CT molecular complexity index is 771. The van der Waals surface area contributed by atoms with Crippen molar-refractivity contribution in [2.75, 3.05) is 18.5 Å². The molecule has 0 atom stereocenters. The minimum atomic E-state index is -0.682. The molecule has 0 aliphatic carbocycles. The molecule has 0 aliphatic rings. The molecule has 25 heavy (non-hydrogen) atoms. The Balaban J connectivity index is 1.83. The van der Waals surface area contributed by atoms with Gasteiger partial charge in [0.2, 0.25) is 0 Å². The van der Waals surface area contributed by atoms with Gasteiger partial charge in [-0.15, -0.1) is 0 Å². The highest BCUT2D eigenvalue weighted by atomic mass is 16.6. The van der Waals surface area contributed by atoms with Crippen molar-refractivity contribution in [3.8, 4) is 5.75 Å². The molecule has 0 aliphatic heterocycles. The van der Waals surface area contributed by atoms with Crippen molar-refractivity contribution in [1.29, 1.82) is 0 Å². The summed E-state index contributed by atoms with van der Waals surface area (Å²) in [6.45, 7) is 1.61. The summed E-state index contributed by atoms with van der Waals surface area (Å²) in [6.07, 6.45) is 0. The van der Waals surface area contributed by atoms with Crippen LogP contribution in [0.3, 0.4) is 0 Å². The molecule has 130 valence electrons. The molecule has 3 N–H and O–H groups in total. The normalized spacial score (nSPS) is 9.96. The maximum absolute atomic E-state index is 11.9. The van der Waals surface area contributed by atoms with Crippen LogP contribution < -0.4 is 15.8 Å². The summed E-state index contributed by atoms with van der Waals surface area (Å²) in [5.74, 6) is -0.167. The first-order chi connectivity index (χ1) is 12.0. The van der Waals surface area contributed by atoms with Crippen LogP contribution in [0.25, 0.3) is 0 Å². The van der Waals surface area contributed by atoms with Crippen molar-refractivity contribution in [2.24, 2.45) is 5.73 Å². The maximum atomic E-state index is 11.9.